The van der Waals surface area contributed by atoms with Crippen LogP contribution in [0.25, 0.3) is 0 Å². The molecule has 0 bridgehead atoms. The first kappa shape index (κ1) is 11.3. The number of carbonyl (C=O) groups is 1. The van der Waals surface area contributed by atoms with Crippen molar-refractivity contribution in [3.63, 3.8) is 0 Å². The number of hydrogen-bond acceptors (Lipinski definition) is 1. The third-order valence-electron chi connectivity index (χ3n) is 2.97. The van der Waals surface area contributed by atoms with E-state index in [1.807, 2.05) is 0 Å². The van der Waals surface area contributed by atoms with Crippen LogP contribution in [0.15, 0.2) is 24.3 Å². The summed E-state index contributed by atoms with van der Waals surface area (Å²) in [6.45, 7) is 0. The minimum atomic E-state index is -3.34. The first-order valence-corrected chi connectivity index (χ1v) is 5.15. The molecule has 0 radical (unpaired) electrons. The van der Waals surface area contributed by atoms with Gasteiger partial charge >= 0.3 is 5.97 Å². The number of rotatable bonds is 3. The molecule has 1 saturated carbocycles. The average molecular weight is 247 g/mol. The molecule has 1 fully saturated rings. The highest BCUT2D eigenvalue weighted by Crippen LogP contribution is 2.61. The van der Waals surface area contributed by atoms with Gasteiger partial charge in [-0.25, -0.2) is 8.78 Å². The molecule has 0 atom stereocenters. The summed E-state index contributed by atoms with van der Waals surface area (Å²) in [5, 5.41) is 9.20. The highest BCUT2D eigenvalue weighted by atomic mass is 35.5. The van der Waals surface area contributed by atoms with Crippen molar-refractivity contribution in [1.29, 1.82) is 0 Å². The molecule has 16 heavy (non-hydrogen) atoms. The van der Waals surface area contributed by atoms with Gasteiger partial charge < -0.3 is 5.11 Å². The lowest BCUT2D eigenvalue weighted by Crippen LogP contribution is -2.34. The molecule has 1 aliphatic carbocycles. The Labute approximate surface area is 95.8 Å². The fourth-order valence-corrected chi connectivity index (χ4v) is 1.85. The Bertz CT molecular complexity index is 424. The van der Waals surface area contributed by atoms with E-state index in [1.54, 1.807) is 0 Å². The second-order valence-corrected chi connectivity index (χ2v) is 4.40. The number of hydrogen-bond donors (Lipinski definition) is 1. The zero-order valence-electron chi connectivity index (χ0n) is 8.21. The van der Waals surface area contributed by atoms with Gasteiger partial charge in [0.05, 0.1) is 0 Å². The summed E-state index contributed by atoms with van der Waals surface area (Å²) in [6, 6.07) is 5.02. The SMILES string of the molecule is O=C(O)C1(C(F)(F)c2ccc(Cl)cc2)CC1. The normalized spacial score (nSPS) is 18.2. The van der Waals surface area contributed by atoms with Crippen LogP contribution in [0.2, 0.25) is 5.02 Å². The van der Waals surface area contributed by atoms with Crippen LogP contribution in [-0.2, 0) is 10.7 Å². The van der Waals surface area contributed by atoms with Crippen LogP contribution in [0.1, 0.15) is 18.4 Å². The molecule has 1 aromatic carbocycles. The molecule has 0 aromatic heterocycles. The largest absolute Gasteiger partial charge is 0.481 e. The number of benzene rings is 1. The molecule has 0 unspecified atom stereocenters. The third-order valence-corrected chi connectivity index (χ3v) is 3.22. The molecular weight excluding hydrogens is 238 g/mol. The van der Waals surface area contributed by atoms with Gasteiger partial charge in [-0.15, -0.1) is 0 Å². The average Bonchev–Trinajstić information content (AvgIpc) is 2.98. The molecule has 1 N–H and O–H groups in total. The first-order valence-electron chi connectivity index (χ1n) is 4.77. The van der Waals surface area contributed by atoms with Crippen molar-refractivity contribution in [3.8, 4) is 0 Å². The Morgan fingerprint density at radius 1 is 1.31 bits per heavy atom. The van der Waals surface area contributed by atoms with Crippen LogP contribution in [0, 0.1) is 5.41 Å². The summed E-state index contributed by atoms with van der Waals surface area (Å²) in [4.78, 5) is 10.9. The van der Waals surface area contributed by atoms with E-state index in [9.17, 15) is 13.6 Å². The predicted molar refractivity (Wildman–Crippen MR) is 54.6 cm³/mol. The van der Waals surface area contributed by atoms with Gasteiger partial charge in [-0.1, -0.05) is 23.7 Å². The second kappa shape index (κ2) is 3.42. The van der Waals surface area contributed by atoms with Crippen molar-refractivity contribution in [2.24, 2.45) is 5.41 Å². The minimum Gasteiger partial charge on any atom is -0.481 e. The summed E-state index contributed by atoms with van der Waals surface area (Å²) >= 11 is 5.59. The number of halogens is 3. The molecule has 0 amide bonds. The van der Waals surface area contributed by atoms with E-state index in [1.165, 1.54) is 24.3 Å². The van der Waals surface area contributed by atoms with Crippen molar-refractivity contribution in [1.82, 2.24) is 0 Å². The molecule has 5 heteroatoms. The van der Waals surface area contributed by atoms with Crippen LogP contribution < -0.4 is 0 Å². The summed E-state index contributed by atoms with van der Waals surface area (Å²) in [7, 11) is 0. The molecule has 1 aromatic rings. The van der Waals surface area contributed by atoms with Crippen LogP contribution in [0.3, 0.4) is 0 Å². The van der Waals surface area contributed by atoms with Crippen molar-refractivity contribution >= 4 is 17.6 Å². The number of aliphatic carboxylic acids is 1. The molecule has 0 heterocycles. The van der Waals surface area contributed by atoms with Crippen LogP contribution >= 0.6 is 11.6 Å². The maximum Gasteiger partial charge on any atom is 0.316 e. The van der Waals surface area contributed by atoms with E-state index in [4.69, 9.17) is 16.7 Å². The Morgan fingerprint density at radius 3 is 2.19 bits per heavy atom. The van der Waals surface area contributed by atoms with Gasteiger partial charge in [0.1, 0.15) is 5.41 Å². The molecule has 1 aliphatic rings. The van der Waals surface area contributed by atoms with E-state index in [-0.39, 0.29) is 18.4 Å². The lowest BCUT2D eigenvalue weighted by atomic mass is 9.92. The van der Waals surface area contributed by atoms with Gasteiger partial charge in [0.25, 0.3) is 5.92 Å². The molecule has 2 rings (SSSR count). The first-order chi connectivity index (χ1) is 7.40. The topological polar surface area (TPSA) is 37.3 Å². The van der Waals surface area contributed by atoms with Crippen molar-refractivity contribution in [2.45, 2.75) is 18.8 Å². The van der Waals surface area contributed by atoms with Gasteiger partial charge in [0.15, 0.2) is 0 Å². The standard InChI is InChI=1S/C11H9ClF2O2/c12-8-3-1-7(2-4-8)11(13,14)10(5-6-10)9(15)16/h1-4H,5-6H2,(H,15,16). The summed E-state index contributed by atoms with van der Waals surface area (Å²) in [5.74, 6) is -4.78. The third kappa shape index (κ3) is 1.48. The summed E-state index contributed by atoms with van der Waals surface area (Å²) < 4.78 is 27.9. The quantitative estimate of drug-likeness (QED) is 0.889. The maximum atomic E-state index is 14.0. The van der Waals surface area contributed by atoms with E-state index in [2.05, 4.69) is 0 Å². The van der Waals surface area contributed by atoms with E-state index in [0.29, 0.717) is 5.02 Å². The second-order valence-electron chi connectivity index (χ2n) is 3.97. The molecule has 86 valence electrons. The Kier molecular flexibility index (Phi) is 2.42. The predicted octanol–water partition coefficient (Wildman–Crippen LogP) is 3.30. The number of carboxylic acids is 1. The highest BCUT2D eigenvalue weighted by molar-refractivity contribution is 6.30. The fourth-order valence-electron chi connectivity index (χ4n) is 1.72. The fraction of sp³-hybridized carbons (Fsp3) is 0.364. The summed E-state index contributed by atoms with van der Waals surface area (Å²) in [5.41, 5.74) is -2.21. The summed E-state index contributed by atoms with van der Waals surface area (Å²) in [6.07, 6.45) is 0.0237. The lowest BCUT2D eigenvalue weighted by molar-refractivity contribution is -0.163. The van der Waals surface area contributed by atoms with Crippen LogP contribution in [-0.4, -0.2) is 11.1 Å². The van der Waals surface area contributed by atoms with Crippen molar-refractivity contribution < 1.29 is 18.7 Å². The molecule has 2 nitrogen and oxygen atoms in total. The van der Waals surface area contributed by atoms with Gasteiger partial charge in [-0.2, -0.15) is 0 Å². The molecular formula is C11H9ClF2O2. The zero-order chi connectivity index (χ0) is 12.0. The Balaban J connectivity index is 2.39. The molecule has 0 spiro atoms. The van der Waals surface area contributed by atoms with Gasteiger partial charge in [0.2, 0.25) is 0 Å². The van der Waals surface area contributed by atoms with Crippen LogP contribution in [0.5, 0.6) is 0 Å². The van der Waals surface area contributed by atoms with E-state index < -0.39 is 17.3 Å². The minimum absolute atomic E-state index is 0.0119. The van der Waals surface area contributed by atoms with Gasteiger partial charge in [-0.05, 0) is 25.0 Å². The Hall–Kier alpha value is -1.16. The van der Waals surface area contributed by atoms with Crippen molar-refractivity contribution in [3.05, 3.63) is 34.9 Å². The number of carboxylic acid groups (broad SMARTS) is 1. The van der Waals surface area contributed by atoms with Gasteiger partial charge in [0, 0.05) is 10.6 Å². The maximum absolute atomic E-state index is 14.0. The van der Waals surface area contributed by atoms with Gasteiger partial charge in [-0.3, -0.25) is 4.79 Å². The monoisotopic (exact) mass is 246 g/mol. The number of alkyl halides is 2. The van der Waals surface area contributed by atoms with Crippen LogP contribution in [0.4, 0.5) is 8.78 Å². The Morgan fingerprint density at radius 2 is 1.81 bits per heavy atom. The van der Waals surface area contributed by atoms with Crippen molar-refractivity contribution in [2.75, 3.05) is 0 Å². The molecule has 0 aliphatic heterocycles. The van der Waals surface area contributed by atoms with E-state index in [0.717, 1.165) is 0 Å². The molecule has 0 saturated heterocycles. The zero-order valence-corrected chi connectivity index (χ0v) is 8.97. The highest BCUT2D eigenvalue weighted by Gasteiger charge is 2.68. The smallest absolute Gasteiger partial charge is 0.316 e. The van der Waals surface area contributed by atoms with E-state index >= 15 is 0 Å². The lowest BCUT2D eigenvalue weighted by Gasteiger charge is -2.23.